The van der Waals surface area contributed by atoms with E-state index in [9.17, 15) is 9.59 Å². The maximum absolute atomic E-state index is 11.9. The third-order valence-corrected chi connectivity index (χ3v) is 3.70. The summed E-state index contributed by atoms with van der Waals surface area (Å²) in [6.07, 6.45) is 4.27. The second-order valence-electron chi connectivity index (χ2n) is 4.75. The van der Waals surface area contributed by atoms with Gasteiger partial charge in [0.25, 0.3) is 5.91 Å². The number of aryl methyl sites for hydroxylation is 1. The van der Waals surface area contributed by atoms with E-state index in [4.69, 9.17) is 0 Å². The second kappa shape index (κ2) is 6.23. The van der Waals surface area contributed by atoms with Gasteiger partial charge in [-0.25, -0.2) is 0 Å². The highest BCUT2D eigenvalue weighted by Crippen LogP contribution is 2.13. The van der Waals surface area contributed by atoms with E-state index in [1.54, 1.807) is 10.6 Å². The normalized spacial score (nSPS) is 15.1. The van der Waals surface area contributed by atoms with Crippen LogP contribution >= 0.6 is 15.9 Å². The molecule has 0 bridgehead atoms. The minimum absolute atomic E-state index is 0.0825. The molecule has 5 nitrogen and oxygen atoms in total. The minimum atomic E-state index is -0.0825. The number of aromatic nitrogens is 1. The van der Waals surface area contributed by atoms with Crippen LogP contribution in [0.4, 0.5) is 0 Å². The van der Waals surface area contributed by atoms with Crippen LogP contribution in [0.1, 0.15) is 29.8 Å². The fraction of sp³-hybridized carbons (Fsp3) is 0.538. The standard InChI is InChI=1S/C13H18BrN3O2/c1-16-9-10(14)8-11(16)13(19)15-5-3-7-17-6-2-4-12(17)18/h8-9H,2-7H2,1H3,(H,15,19). The zero-order valence-electron chi connectivity index (χ0n) is 11.0. The molecule has 1 aliphatic rings. The first-order valence-corrected chi connectivity index (χ1v) is 7.25. The molecule has 0 aliphatic carbocycles. The van der Waals surface area contributed by atoms with Crippen molar-refractivity contribution in [2.24, 2.45) is 7.05 Å². The Balaban J connectivity index is 1.72. The summed E-state index contributed by atoms with van der Waals surface area (Å²) in [4.78, 5) is 25.2. The Kier molecular flexibility index (Phi) is 4.63. The van der Waals surface area contributed by atoms with Crippen LogP contribution in [0.25, 0.3) is 0 Å². The number of amides is 2. The molecule has 6 heteroatoms. The van der Waals surface area contributed by atoms with Gasteiger partial charge in [0.1, 0.15) is 5.69 Å². The van der Waals surface area contributed by atoms with Gasteiger partial charge in [-0.2, -0.15) is 0 Å². The molecule has 104 valence electrons. The summed E-state index contributed by atoms with van der Waals surface area (Å²) in [5, 5.41) is 2.87. The van der Waals surface area contributed by atoms with Crippen LogP contribution in [0.3, 0.4) is 0 Å². The van der Waals surface area contributed by atoms with Gasteiger partial charge in [0, 0.05) is 43.8 Å². The Morgan fingerprint density at radius 1 is 1.53 bits per heavy atom. The number of nitrogens with one attached hydrogen (secondary N) is 1. The zero-order chi connectivity index (χ0) is 13.8. The smallest absolute Gasteiger partial charge is 0.267 e. The molecule has 1 aliphatic heterocycles. The summed E-state index contributed by atoms with van der Waals surface area (Å²) in [5.74, 6) is 0.152. The lowest BCUT2D eigenvalue weighted by Crippen LogP contribution is -2.31. The van der Waals surface area contributed by atoms with Crippen molar-refractivity contribution in [3.05, 3.63) is 22.4 Å². The Morgan fingerprint density at radius 3 is 2.89 bits per heavy atom. The fourth-order valence-corrected chi connectivity index (χ4v) is 2.78. The third kappa shape index (κ3) is 3.59. The Bertz CT molecular complexity index is 484. The molecule has 1 saturated heterocycles. The van der Waals surface area contributed by atoms with E-state index < -0.39 is 0 Å². The molecule has 0 unspecified atom stereocenters. The molecule has 2 heterocycles. The van der Waals surface area contributed by atoms with Crippen LogP contribution in [-0.2, 0) is 11.8 Å². The topological polar surface area (TPSA) is 54.3 Å². The summed E-state index contributed by atoms with van der Waals surface area (Å²) in [7, 11) is 1.84. The number of likely N-dealkylation sites (tertiary alicyclic amines) is 1. The van der Waals surface area contributed by atoms with E-state index in [0.717, 1.165) is 30.4 Å². The van der Waals surface area contributed by atoms with E-state index in [1.165, 1.54) is 0 Å². The summed E-state index contributed by atoms with van der Waals surface area (Å²) >= 11 is 3.34. The highest BCUT2D eigenvalue weighted by atomic mass is 79.9. The van der Waals surface area contributed by atoms with Crippen LogP contribution in [0.5, 0.6) is 0 Å². The molecule has 1 N–H and O–H groups in total. The van der Waals surface area contributed by atoms with E-state index in [2.05, 4.69) is 21.2 Å². The zero-order valence-corrected chi connectivity index (χ0v) is 12.6. The van der Waals surface area contributed by atoms with Crippen LogP contribution in [-0.4, -0.2) is 40.9 Å². The second-order valence-corrected chi connectivity index (χ2v) is 5.66. The van der Waals surface area contributed by atoms with Crippen LogP contribution in [0.15, 0.2) is 16.7 Å². The fourth-order valence-electron chi connectivity index (χ4n) is 2.25. The van der Waals surface area contributed by atoms with E-state index in [-0.39, 0.29) is 11.8 Å². The summed E-state index contributed by atoms with van der Waals surface area (Å²) in [5.41, 5.74) is 0.629. The van der Waals surface area contributed by atoms with Gasteiger partial charge in [0.15, 0.2) is 0 Å². The number of hydrogen-bond acceptors (Lipinski definition) is 2. The molecule has 0 saturated carbocycles. The maximum Gasteiger partial charge on any atom is 0.267 e. The van der Waals surface area contributed by atoms with Gasteiger partial charge in [-0.3, -0.25) is 9.59 Å². The summed E-state index contributed by atoms with van der Waals surface area (Å²) in [6, 6.07) is 1.79. The largest absolute Gasteiger partial charge is 0.351 e. The molecular formula is C13H18BrN3O2. The van der Waals surface area contributed by atoms with Crippen LogP contribution in [0.2, 0.25) is 0 Å². The first-order chi connectivity index (χ1) is 9.08. The predicted octanol–water partition coefficient (Wildman–Crippen LogP) is 1.53. The van der Waals surface area contributed by atoms with Gasteiger partial charge in [-0.15, -0.1) is 0 Å². The number of carbonyl (C=O) groups excluding carboxylic acids is 2. The summed E-state index contributed by atoms with van der Waals surface area (Å²) < 4.78 is 2.67. The van der Waals surface area contributed by atoms with Crippen LogP contribution < -0.4 is 5.32 Å². The van der Waals surface area contributed by atoms with Gasteiger partial charge < -0.3 is 14.8 Å². The highest BCUT2D eigenvalue weighted by molar-refractivity contribution is 9.10. The lowest BCUT2D eigenvalue weighted by molar-refractivity contribution is -0.127. The van der Waals surface area contributed by atoms with Crippen molar-refractivity contribution in [1.29, 1.82) is 0 Å². The van der Waals surface area contributed by atoms with Gasteiger partial charge in [-0.05, 0) is 34.8 Å². The number of carbonyl (C=O) groups is 2. The molecule has 0 radical (unpaired) electrons. The summed E-state index contributed by atoms with van der Waals surface area (Å²) in [6.45, 7) is 2.18. The van der Waals surface area contributed by atoms with E-state index in [1.807, 2.05) is 18.1 Å². The van der Waals surface area contributed by atoms with Crippen LogP contribution in [0, 0.1) is 0 Å². The van der Waals surface area contributed by atoms with Gasteiger partial charge in [0.2, 0.25) is 5.91 Å². The van der Waals surface area contributed by atoms with Crippen molar-refractivity contribution in [1.82, 2.24) is 14.8 Å². The van der Waals surface area contributed by atoms with Crippen molar-refractivity contribution in [2.45, 2.75) is 19.3 Å². The third-order valence-electron chi connectivity index (χ3n) is 3.27. The SMILES string of the molecule is Cn1cc(Br)cc1C(=O)NCCCN1CCCC1=O. The molecule has 0 aromatic carbocycles. The number of rotatable bonds is 5. The van der Waals surface area contributed by atoms with Gasteiger partial charge in [-0.1, -0.05) is 0 Å². The molecule has 1 aromatic heterocycles. The first kappa shape index (κ1) is 14.1. The molecule has 1 aromatic rings. The molecular weight excluding hydrogens is 310 g/mol. The quantitative estimate of drug-likeness (QED) is 0.834. The van der Waals surface area contributed by atoms with E-state index in [0.29, 0.717) is 18.7 Å². The van der Waals surface area contributed by atoms with Crippen molar-refractivity contribution >= 4 is 27.7 Å². The maximum atomic E-state index is 11.9. The monoisotopic (exact) mass is 327 g/mol. The average Bonchev–Trinajstić information content (AvgIpc) is 2.91. The minimum Gasteiger partial charge on any atom is -0.351 e. The molecule has 2 amide bonds. The molecule has 0 spiro atoms. The van der Waals surface area contributed by atoms with Gasteiger partial charge in [0.05, 0.1) is 0 Å². The Morgan fingerprint density at radius 2 is 2.32 bits per heavy atom. The van der Waals surface area contributed by atoms with Gasteiger partial charge >= 0.3 is 0 Å². The van der Waals surface area contributed by atoms with Crippen molar-refractivity contribution < 1.29 is 9.59 Å². The van der Waals surface area contributed by atoms with Crippen molar-refractivity contribution in [3.8, 4) is 0 Å². The number of hydrogen-bond donors (Lipinski definition) is 1. The average molecular weight is 328 g/mol. The van der Waals surface area contributed by atoms with Crippen molar-refractivity contribution in [3.63, 3.8) is 0 Å². The molecule has 2 rings (SSSR count). The first-order valence-electron chi connectivity index (χ1n) is 6.46. The Labute approximate surface area is 121 Å². The van der Waals surface area contributed by atoms with Crippen molar-refractivity contribution in [2.75, 3.05) is 19.6 Å². The highest BCUT2D eigenvalue weighted by Gasteiger charge is 2.19. The number of halogens is 1. The molecule has 1 fully saturated rings. The lowest BCUT2D eigenvalue weighted by atomic mass is 10.3. The molecule has 0 atom stereocenters. The predicted molar refractivity (Wildman–Crippen MR) is 75.9 cm³/mol. The number of nitrogens with zero attached hydrogens (tertiary/aromatic N) is 2. The Hall–Kier alpha value is -1.30. The lowest BCUT2D eigenvalue weighted by Gasteiger charge is -2.15. The van der Waals surface area contributed by atoms with E-state index >= 15 is 0 Å². The molecule has 19 heavy (non-hydrogen) atoms.